The van der Waals surface area contributed by atoms with E-state index in [4.69, 9.17) is 17.4 Å². The number of pyridine rings is 1. The highest BCUT2D eigenvalue weighted by Gasteiger charge is 2.12. The van der Waals surface area contributed by atoms with E-state index in [1.807, 2.05) is 6.07 Å². The van der Waals surface area contributed by atoms with Crippen LogP contribution >= 0.6 is 11.6 Å². The first kappa shape index (κ1) is 14.2. The van der Waals surface area contributed by atoms with Crippen molar-refractivity contribution in [2.75, 3.05) is 12.5 Å². The van der Waals surface area contributed by atoms with Crippen LogP contribution in [-0.4, -0.2) is 23.0 Å². The SMILES string of the molecule is CCCC(C)N(C)Cc1nc(NN)ccc1Cl. The van der Waals surface area contributed by atoms with Crippen molar-refractivity contribution >= 4 is 17.4 Å². The van der Waals surface area contributed by atoms with Gasteiger partial charge in [-0.3, -0.25) is 4.90 Å². The Morgan fingerprint density at radius 1 is 1.53 bits per heavy atom. The predicted octanol–water partition coefficient (Wildman–Crippen LogP) is 2.64. The van der Waals surface area contributed by atoms with E-state index in [2.05, 4.69) is 36.2 Å². The van der Waals surface area contributed by atoms with Crippen molar-refractivity contribution in [3.63, 3.8) is 0 Å². The maximum atomic E-state index is 6.12. The molecule has 1 aromatic rings. The summed E-state index contributed by atoms with van der Waals surface area (Å²) in [7, 11) is 2.08. The molecule has 1 heterocycles. The van der Waals surface area contributed by atoms with Crippen molar-refractivity contribution in [3.8, 4) is 0 Å². The van der Waals surface area contributed by atoms with Gasteiger partial charge in [0, 0.05) is 12.6 Å². The number of halogens is 1. The third-order valence-electron chi connectivity index (χ3n) is 2.92. The monoisotopic (exact) mass is 256 g/mol. The van der Waals surface area contributed by atoms with Gasteiger partial charge >= 0.3 is 0 Å². The number of nitrogen functional groups attached to an aromatic ring is 1. The van der Waals surface area contributed by atoms with Gasteiger partial charge in [0.25, 0.3) is 0 Å². The van der Waals surface area contributed by atoms with Crippen molar-refractivity contribution in [1.82, 2.24) is 9.88 Å². The summed E-state index contributed by atoms with van der Waals surface area (Å²) in [5.41, 5.74) is 3.39. The molecule has 1 aromatic heterocycles. The van der Waals surface area contributed by atoms with Crippen molar-refractivity contribution in [2.24, 2.45) is 5.84 Å². The zero-order chi connectivity index (χ0) is 12.8. The Morgan fingerprint density at radius 3 is 2.82 bits per heavy atom. The lowest BCUT2D eigenvalue weighted by Crippen LogP contribution is -2.29. The number of hydrogen-bond donors (Lipinski definition) is 2. The molecular formula is C12H21ClN4. The number of nitrogens with zero attached hydrogens (tertiary/aromatic N) is 2. The fraction of sp³-hybridized carbons (Fsp3) is 0.583. The summed E-state index contributed by atoms with van der Waals surface area (Å²) >= 11 is 6.12. The number of rotatable bonds is 6. The molecule has 3 N–H and O–H groups in total. The van der Waals surface area contributed by atoms with Crippen LogP contribution in [0.2, 0.25) is 5.02 Å². The maximum absolute atomic E-state index is 6.12. The van der Waals surface area contributed by atoms with Gasteiger partial charge in [-0.05, 0) is 32.5 Å². The van der Waals surface area contributed by atoms with E-state index >= 15 is 0 Å². The molecule has 96 valence electrons. The molecule has 0 bridgehead atoms. The third-order valence-corrected chi connectivity index (χ3v) is 3.27. The molecule has 4 nitrogen and oxygen atoms in total. The Hall–Kier alpha value is -0.840. The number of anilines is 1. The van der Waals surface area contributed by atoms with E-state index in [0.29, 0.717) is 16.9 Å². The zero-order valence-electron chi connectivity index (χ0n) is 10.7. The standard InChI is InChI=1S/C12H21ClN4/c1-4-5-9(2)17(3)8-11-10(13)6-7-12(15-11)16-14/h6-7,9H,4-5,8,14H2,1-3H3,(H,15,16). The van der Waals surface area contributed by atoms with Gasteiger partial charge in [0.1, 0.15) is 5.82 Å². The summed E-state index contributed by atoms with van der Waals surface area (Å²) in [5.74, 6) is 5.98. The topological polar surface area (TPSA) is 54.2 Å². The molecule has 0 fully saturated rings. The van der Waals surface area contributed by atoms with Gasteiger partial charge in [-0.15, -0.1) is 0 Å². The lowest BCUT2D eigenvalue weighted by molar-refractivity contribution is 0.234. The summed E-state index contributed by atoms with van der Waals surface area (Å²) in [4.78, 5) is 6.61. The lowest BCUT2D eigenvalue weighted by Gasteiger charge is -2.24. The molecule has 1 rings (SSSR count). The van der Waals surface area contributed by atoms with Crippen LogP contribution in [0.15, 0.2) is 12.1 Å². The smallest absolute Gasteiger partial charge is 0.140 e. The third kappa shape index (κ3) is 4.15. The fourth-order valence-electron chi connectivity index (χ4n) is 1.71. The molecule has 1 atom stereocenters. The molecule has 0 radical (unpaired) electrons. The Labute approximate surface area is 108 Å². The Bertz CT molecular complexity index is 356. The van der Waals surface area contributed by atoms with Gasteiger partial charge in [0.05, 0.1) is 10.7 Å². The van der Waals surface area contributed by atoms with Crippen molar-refractivity contribution in [3.05, 3.63) is 22.8 Å². The fourth-order valence-corrected chi connectivity index (χ4v) is 1.87. The number of aromatic nitrogens is 1. The van der Waals surface area contributed by atoms with Crippen LogP contribution in [0.25, 0.3) is 0 Å². The van der Waals surface area contributed by atoms with Crippen molar-refractivity contribution in [2.45, 2.75) is 39.3 Å². The molecule has 0 aromatic carbocycles. The number of hydrazine groups is 1. The summed E-state index contributed by atoms with van der Waals surface area (Å²) < 4.78 is 0. The molecule has 0 amide bonds. The highest BCUT2D eigenvalue weighted by molar-refractivity contribution is 6.31. The van der Waals surface area contributed by atoms with E-state index in [0.717, 1.165) is 12.2 Å². The maximum Gasteiger partial charge on any atom is 0.140 e. The van der Waals surface area contributed by atoms with Crippen LogP contribution in [-0.2, 0) is 6.54 Å². The number of hydrogen-bond acceptors (Lipinski definition) is 4. The minimum atomic E-state index is 0.521. The number of nitrogens with two attached hydrogens (primary N) is 1. The van der Waals surface area contributed by atoms with E-state index < -0.39 is 0 Å². The summed E-state index contributed by atoms with van der Waals surface area (Å²) in [6.45, 7) is 5.13. The molecule has 0 aliphatic carbocycles. The van der Waals surface area contributed by atoms with Crippen LogP contribution in [0.4, 0.5) is 5.82 Å². The van der Waals surface area contributed by atoms with Gasteiger partial charge < -0.3 is 5.43 Å². The predicted molar refractivity (Wildman–Crippen MR) is 72.9 cm³/mol. The highest BCUT2D eigenvalue weighted by Crippen LogP contribution is 2.19. The average Bonchev–Trinajstić information content (AvgIpc) is 2.32. The number of nitrogens with one attached hydrogen (secondary N) is 1. The molecule has 0 aliphatic heterocycles. The molecule has 17 heavy (non-hydrogen) atoms. The second-order valence-electron chi connectivity index (χ2n) is 4.32. The molecule has 5 heteroatoms. The first-order valence-electron chi connectivity index (χ1n) is 5.90. The van der Waals surface area contributed by atoms with E-state index in [9.17, 15) is 0 Å². The Kier molecular flexibility index (Phi) is 5.68. The molecule has 0 saturated carbocycles. The normalized spacial score (nSPS) is 12.8. The molecular weight excluding hydrogens is 236 g/mol. The van der Waals surface area contributed by atoms with E-state index in [-0.39, 0.29) is 0 Å². The van der Waals surface area contributed by atoms with E-state index in [1.54, 1.807) is 6.07 Å². The minimum absolute atomic E-state index is 0.521. The van der Waals surface area contributed by atoms with Crippen molar-refractivity contribution < 1.29 is 0 Å². The zero-order valence-corrected chi connectivity index (χ0v) is 11.5. The summed E-state index contributed by atoms with van der Waals surface area (Å²) in [6, 6.07) is 4.10. The summed E-state index contributed by atoms with van der Waals surface area (Å²) in [5, 5.41) is 0.680. The van der Waals surface area contributed by atoms with Crippen LogP contribution in [0.3, 0.4) is 0 Å². The van der Waals surface area contributed by atoms with Gasteiger partial charge in [-0.2, -0.15) is 0 Å². The highest BCUT2D eigenvalue weighted by atomic mass is 35.5. The van der Waals surface area contributed by atoms with Gasteiger partial charge in [0.2, 0.25) is 0 Å². The second-order valence-corrected chi connectivity index (χ2v) is 4.73. The quantitative estimate of drug-likeness (QED) is 0.607. The van der Waals surface area contributed by atoms with Gasteiger partial charge in [0.15, 0.2) is 0 Å². The first-order chi connectivity index (χ1) is 8.08. The van der Waals surface area contributed by atoms with Gasteiger partial charge in [-0.1, -0.05) is 24.9 Å². The van der Waals surface area contributed by atoms with Crippen LogP contribution < -0.4 is 11.3 Å². The average molecular weight is 257 g/mol. The Balaban J connectivity index is 2.73. The first-order valence-corrected chi connectivity index (χ1v) is 6.28. The molecule has 0 aliphatic rings. The largest absolute Gasteiger partial charge is 0.308 e. The molecule has 0 spiro atoms. The van der Waals surface area contributed by atoms with Gasteiger partial charge in [-0.25, -0.2) is 10.8 Å². The van der Waals surface area contributed by atoms with Crippen LogP contribution in [0, 0.1) is 0 Å². The van der Waals surface area contributed by atoms with Crippen LogP contribution in [0.5, 0.6) is 0 Å². The molecule has 0 saturated heterocycles. The van der Waals surface area contributed by atoms with Crippen LogP contribution in [0.1, 0.15) is 32.4 Å². The minimum Gasteiger partial charge on any atom is -0.308 e. The second kappa shape index (κ2) is 6.79. The lowest BCUT2D eigenvalue weighted by atomic mass is 10.1. The summed E-state index contributed by atoms with van der Waals surface area (Å²) in [6.07, 6.45) is 2.35. The van der Waals surface area contributed by atoms with Crippen molar-refractivity contribution in [1.29, 1.82) is 0 Å². The van der Waals surface area contributed by atoms with E-state index in [1.165, 1.54) is 12.8 Å². The molecule has 1 unspecified atom stereocenters. The Morgan fingerprint density at radius 2 is 2.24 bits per heavy atom.